The van der Waals surface area contributed by atoms with E-state index in [4.69, 9.17) is 4.74 Å². The second-order valence-electron chi connectivity index (χ2n) is 25.3. The monoisotopic (exact) mass is 1130 g/mol. The van der Waals surface area contributed by atoms with Gasteiger partial charge in [-0.2, -0.15) is 0 Å². The molecule has 0 spiro atoms. The van der Waals surface area contributed by atoms with E-state index in [2.05, 4.69) is 31.3 Å². The topological polar surface area (TPSA) is 95.9 Å². The largest absolute Gasteiger partial charge is 0.466 e. The van der Waals surface area contributed by atoms with Crippen molar-refractivity contribution in [1.82, 2.24) is 5.32 Å². The Kier molecular flexibility index (Phi) is 68.4. The Morgan fingerprint density at radius 2 is 0.588 bits per heavy atom. The molecule has 474 valence electrons. The first kappa shape index (κ1) is 78.3. The first-order chi connectivity index (χ1) is 39.5. The maximum atomic E-state index is 12.5. The van der Waals surface area contributed by atoms with Crippen molar-refractivity contribution in [2.75, 3.05) is 13.2 Å². The molecule has 0 rings (SSSR count). The van der Waals surface area contributed by atoms with Crippen molar-refractivity contribution in [3.63, 3.8) is 0 Å². The number of rotatable bonds is 69. The quantitative estimate of drug-likeness (QED) is 0.0320. The molecule has 0 aliphatic rings. The van der Waals surface area contributed by atoms with Crippen LogP contribution in [0.5, 0.6) is 0 Å². The van der Waals surface area contributed by atoms with E-state index in [9.17, 15) is 19.8 Å². The van der Waals surface area contributed by atoms with Crippen LogP contribution < -0.4 is 5.32 Å². The molecule has 6 heteroatoms. The van der Waals surface area contributed by atoms with Gasteiger partial charge in [0.2, 0.25) is 5.91 Å². The van der Waals surface area contributed by atoms with Crippen LogP contribution in [0.3, 0.4) is 0 Å². The van der Waals surface area contributed by atoms with Crippen molar-refractivity contribution in [1.29, 1.82) is 0 Å². The third kappa shape index (κ3) is 65.5. The average molecular weight is 1130 g/mol. The van der Waals surface area contributed by atoms with Crippen molar-refractivity contribution in [2.24, 2.45) is 0 Å². The zero-order valence-electron chi connectivity index (χ0n) is 54.3. The maximum absolute atomic E-state index is 12.5. The van der Waals surface area contributed by atoms with Gasteiger partial charge in [0.25, 0.3) is 0 Å². The molecule has 3 N–H and O–H groups in total. The summed E-state index contributed by atoms with van der Waals surface area (Å²) in [5, 5.41) is 23.2. The molecule has 0 saturated heterocycles. The second-order valence-corrected chi connectivity index (χ2v) is 25.3. The lowest BCUT2D eigenvalue weighted by atomic mass is 10.0. The number of hydrogen-bond donors (Lipinski definition) is 3. The van der Waals surface area contributed by atoms with Gasteiger partial charge in [-0.05, 0) is 57.8 Å². The number of unbranched alkanes of at least 4 members (excludes halogenated alkanes) is 56. The van der Waals surface area contributed by atoms with Gasteiger partial charge in [-0.25, -0.2) is 0 Å². The summed E-state index contributed by atoms with van der Waals surface area (Å²) in [6, 6.07) is -0.624. The fourth-order valence-electron chi connectivity index (χ4n) is 11.6. The molecule has 0 saturated carbocycles. The first-order valence-electron chi connectivity index (χ1n) is 36.6. The van der Waals surface area contributed by atoms with Crippen molar-refractivity contribution in [3.8, 4) is 0 Å². The van der Waals surface area contributed by atoms with Gasteiger partial charge < -0.3 is 20.3 Å². The van der Waals surface area contributed by atoms with Gasteiger partial charge in [0.15, 0.2) is 0 Å². The van der Waals surface area contributed by atoms with E-state index in [1.165, 1.54) is 340 Å². The Labute approximate surface area is 501 Å². The van der Waals surface area contributed by atoms with Crippen molar-refractivity contribution < 1.29 is 24.5 Å². The molecule has 0 radical (unpaired) electrons. The van der Waals surface area contributed by atoms with Gasteiger partial charge >= 0.3 is 5.97 Å². The number of esters is 1. The lowest BCUT2D eigenvalue weighted by molar-refractivity contribution is -0.143. The van der Waals surface area contributed by atoms with Gasteiger partial charge in [-0.3, -0.25) is 9.59 Å². The van der Waals surface area contributed by atoms with Gasteiger partial charge in [-0.1, -0.05) is 366 Å². The number of carbonyl (C=O) groups is 2. The minimum absolute atomic E-state index is 0.0131. The number of aliphatic hydroxyl groups excluding tert-OH is 2. The number of aliphatic hydroxyl groups is 2. The SMILES string of the molecule is CCCCCCCC/C=C\CCCCCCCC(=O)OCCCCCCCCCCCCCCCCCCCCCCCCCCCCCCCCCC(=O)NC(CO)C(O)/C=C/CCCCCCCCCCCCCCCCC. The Hall–Kier alpha value is -1.66. The van der Waals surface area contributed by atoms with E-state index in [1.807, 2.05) is 6.08 Å². The third-order valence-electron chi connectivity index (χ3n) is 17.2. The predicted molar refractivity (Wildman–Crippen MR) is 352 cm³/mol. The molecule has 2 atom stereocenters. The summed E-state index contributed by atoms with van der Waals surface area (Å²) in [6.07, 6.45) is 88.4. The molecule has 0 aliphatic carbocycles. The molecule has 6 nitrogen and oxygen atoms in total. The smallest absolute Gasteiger partial charge is 0.305 e. The summed E-state index contributed by atoms with van der Waals surface area (Å²) in [4.78, 5) is 24.6. The van der Waals surface area contributed by atoms with Crippen LogP contribution in [0.4, 0.5) is 0 Å². The van der Waals surface area contributed by atoms with E-state index in [0.717, 1.165) is 44.9 Å². The summed E-state index contributed by atoms with van der Waals surface area (Å²) < 4.78 is 5.50. The lowest BCUT2D eigenvalue weighted by Crippen LogP contribution is -2.45. The van der Waals surface area contributed by atoms with Crippen LogP contribution in [-0.2, 0) is 14.3 Å². The maximum Gasteiger partial charge on any atom is 0.305 e. The third-order valence-corrected chi connectivity index (χ3v) is 17.2. The van der Waals surface area contributed by atoms with Crippen molar-refractivity contribution in [3.05, 3.63) is 24.3 Å². The predicted octanol–water partition coefficient (Wildman–Crippen LogP) is 23.7. The normalized spacial score (nSPS) is 12.6. The molecule has 0 bridgehead atoms. The first-order valence-corrected chi connectivity index (χ1v) is 36.6. The Balaban J connectivity index is 3.34. The molecule has 0 heterocycles. The van der Waals surface area contributed by atoms with Crippen LogP contribution >= 0.6 is 0 Å². The highest BCUT2D eigenvalue weighted by atomic mass is 16.5. The molecule has 0 aromatic rings. The molecule has 80 heavy (non-hydrogen) atoms. The van der Waals surface area contributed by atoms with Gasteiger partial charge in [0.1, 0.15) is 0 Å². The van der Waals surface area contributed by atoms with Gasteiger partial charge in [0, 0.05) is 12.8 Å². The molecule has 2 unspecified atom stereocenters. The number of carbonyl (C=O) groups excluding carboxylic acids is 2. The second kappa shape index (κ2) is 69.8. The average Bonchev–Trinajstić information content (AvgIpc) is 3.46. The summed E-state index contributed by atoms with van der Waals surface area (Å²) in [5.41, 5.74) is 0. The number of hydrogen-bond acceptors (Lipinski definition) is 5. The highest BCUT2D eigenvalue weighted by Crippen LogP contribution is 2.19. The Morgan fingerprint density at radius 1 is 0.338 bits per heavy atom. The minimum atomic E-state index is -0.841. The van der Waals surface area contributed by atoms with Crippen LogP contribution in [0, 0.1) is 0 Å². The van der Waals surface area contributed by atoms with Gasteiger partial charge in [-0.15, -0.1) is 0 Å². The number of nitrogens with one attached hydrogen (secondary N) is 1. The van der Waals surface area contributed by atoms with Gasteiger partial charge in [0.05, 0.1) is 25.4 Å². The van der Waals surface area contributed by atoms with Crippen LogP contribution in [0.25, 0.3) is 0 Å². The zero-order chi connectivity index (χ0) is 57.8. The van der Waals surface area contributed by atoms with Crippen LogP contribution in [0.15, 0.2) is 24.3 Å². The Bertz CT molecular complexity index is 1250. The summed E-state index contributed by atoms with van der Waals surface area (Å²) in [6.45, 7) is 4.94. The molecule has 0 fully saturated rings. The van der Waals surface area contributed by atoms with E-state index in [0.29, 0.717) is 19.4 Å². The zero-order valence-corrected chi connectivity index (χ0v) is 54.3. The number of allylic oxidation sites excluding steroid dienone is 3. The van der Waals surface area contributed by atoms with Crippen molar-refractivity contribution in [2.45, 2.75) is 424 Å². The Morgan fingerprint density at radius 3 is 0.887 bits per heavy atom. The lowest BCUT2D eigenvalue weighted by Gasteiger charge is -2.20. The molecule has 0 aromatic carbocycles. The van der Waals surface area contributed by atoms with Crippen LogP contribution in [0.2, 0.25) is 0 Å². The fourth-order valence-corrected chi connectivity index (χ4v) is 11.6. The fraction of sp³-hybridized carbons (Fsp3) is 0.919. The number of ether oxygens (including phenoxy) is 1. The van der Waals surface area contributed by atoms with Crippen LogP contribution in [-0.4, -0.2) is 47.4 Å². The van der Waals surface area contributed by atoms with E-state index in [1.54, 1.807) is 6.08 Å². The van der Waals surface area contributed by atoms with Crippen LogP contribution in [0.1, 0.15) is 412 Å². The molecular formula is C74H143NO5. The highest BCUT2D eigenvalue weighted by Gasteiger charge is 2.18. The summed E-state index contributed by atoms with van der Waals surface area (Å²) in [5.74, 6) is -0.0472. The number of amides is 1. The minimum Gasteiger partial charge on any atom is -0.466 e. The van der Waals surface area contributed by atoms with E-state index in [-0.39, 0.29) is 18.5 Å². The molecule has 0 aromatic heterocycles. The highest BCUT2D eigenvalue weighted by molar-refractivity contribution is 5.76. The molecular weight excluding hydrogens is 983 g/mol. The van der Waals surface area contributed by atoms with E-state index < -0.39 is 12.1 Å². The van der Waals surface area contributed by atoms with Crippen molar-refractivity contribution >= 4 is 11.9 Å². The molecule has 0 aliphatic heterocycles. The molecule has 1 amide bonds. The standard InChI is InChI=1S/C74H143NO5/c1-3-5-7-9-11-13-15-17-19-35-39-42-46-50-54-58-62-66-72(77)71(70-76)75-73(78)67-63-59-55-51-47-43-40-36-33-31-29-27-25-23-21-20-22-24-26-28-30-32-34-37-41-45-49-53-57-61-65-69-80-74(79)68-64-60-56-52-48-44-38-18-16-14-12-10-8-6-4-2/h18,38,62,66,71-72,76-77H,3-17,19-37,39-61,63-65,67-70H2,1-2H3,(H,75,78)/b38-18-,66-62+. The van der Waals surface area contributed by atoms with E-state index >= 15 is 0 Å². The summed E-state index contributed by atoms with van der Waals surface area (Å²) >= 11 is 0. The summed E-state index contributed by atoms with van der Waals surface area (Å²) in [7, 11) is 0.